The lowest BCUT2D eigenvalue weighted by molar-refractivity contribution is 0.0104. The summed E-state index contributed by atoms with van der Waals surface area (Å²) in [4.78, 5) is 4.60. The Bertz CT molecular complexity index is 603. The van der Waals surface area contributed by atoms with Crippen LogP contribution in [0.15, 0.2) is 18.2 Å². The average molecular weight is 299 g/mol. The minimum atomic E-state index is -0.123. The van der Waals surface area contributed by atoms with Gasteiger partial charge >= 0.3 is 0 Å². The van der Waals surface area contributed by atoms with Crippen molar-refractivity contribution in [3.63, 3.8) is 0 Å². The standard InChI is InChI=1S/C14H16Cl2N2O/c1-14(6-3-7-19-9-14)18-12(8-15)17-11-5-2-4-10(16)13(11)18/h2,4-5H,3,6-9H2,1H3. The summed E-state index contributed by atoms with van der Waals surface area (Å²) >= 11 is 12.4. The summed E-state index contributed by atoms with van der Waals surface area (Å²) in [6.07, 6.45) is 2.09. The van der Waals surface area contributed by atoms with E-state index < -0.39 is 0 Å². The molecule has 0 amide bonds. The molecule has 1 saturated heterocycles. The molecular formula is C14H16Cl2N2O. The highest BCUT2D eigenvalue weighted by Gasteiger charge is 2.33. The Kier molecular flexibility index (Phi) is 3.46. The minimum absolute atomic E-state index is 0.123. The second kappa shape index (κ2) is 4.97. The summed E-state index contributed by atoms with van der Waals surface area (Å²) in [5.41, 5.74) is 1.74. The number of nitrogens with zero attached hydrogens (tertiary/aromatic N) is 2. The van der Waals surface area contributed by atoms with E-state index in [1.807, 2.05) is 18.2 Å². The molecule has 1 aliphatic heterocycles. The summed E-state index contributed by atoms with van der Waals surface area (Å²) in [6.45, 7) is 3.69. The average Bonchev–Trinajstić information content (AvgIpc) is 2.80. The summed E-state index contributed by atoms with van der Waals surface area (Å²) in [7, 11) is 0. The van der Waals surface area contributed by atoms with Gasteiger partial charge in [-0.1, -0.05) is 17.7 Å². The van der Waals surface area contributed by atoms with Crippen LogP contribution in [-0.4, -0.2) is 22.8 Å². The Hall–Kier alpha value is -0.770. The molecule has 0 saturated carbocycles. The zero-order chi connectivity index (χ0) is 13.5. The maximum Gasteiger partial charge on any atom is 0.125 e. The maximum absolute atomic E-state index is 6.37. The third-order valence-corrected chi connectivity index (χ3v) is 4.32. The molecule has 102 valence electrons. The first-order chi connectivity index (χ1) is 9.15. The van der Waals surface area contributed by atoms with Gasteiger partial charge in [-0.05, 0) is 31.9 Å². The molecule has 0 spiro atoms. The van der Waals surface area contributed by atoms with Crippen LogP contribution >= 0.6 is 23.2 Å². The maximum atomic E-state index is 6.37. The highest BCUT2D eigenvalue weighted by molar-refractivity contribution is 6.35. The first-order valence-electron chi connectivity index (χ1n) is 6.46. The van der Waals surface area contributed by atoms with Crippen molar-refractivity contribution in [3.8, 4) is 0 Å². The van der Waals surface area contributed by atoms with Crippen molar-refractivity contribution in [1.82, 2.24) is 9.55 Å². The van der Waals surface area contributed by atoms with E-state index in [0.717, 1.165) is 36.3 Å². The molecular weight excluding hydrogens is 283 g/mol. The van der Waals surface area contributed by atoms with Gasteiger partial charge in [-0.15, -0.1) is 11.6 Å². The van der Waals surface area contributed by atoms with Gasteiger partial charge in [0.1, 0.15) is 5.82 Å². The molecule has 0 N–H and O–H groups in total. The van der Waals surface area contributed by atoms with Gasteiger partial charge in [0.2, 0.25) is 0 Å². The van der Waals surface area contributed by atoms with Gasteiger partial charge in [0, 0.05) is 6.61 Å². The molecule has 19 heavy (non-hydrogen) atoms. The van der Waals surface area contributed by atoms with Gasteiger partial charge in [-0.2, -0.15) is 0 Å². The monoisotopic (exact) mass is 298 g/mol. The molecule has 2 heterocycles. The molecule has 1 aromatic heterocycles. The fourth-order valence-electron chi connectivity index (χ4n) is 2.90. The van der Waals surface area contributed by atoms with Crippen LogP contribution in [0.4, 0.5) is 0 Å². The Morgan fingerprint density at radius 2 is 2.32 bits per heavy atom. The number of hydrogen-bond donors (Lipinski definition) is 0. The number of para-hydroxylation sites is 1. The van der Waals surface area contributed by atoms with E-state index >= 15 is 0 Å². The van der Waals surface area contributed by atoms with Crippen LogP contribution in [0.25, 0.3) is 11.0 Å². The lowest BCUT2D eigenvalue weighted by atomic mass is 9.94. The second-order valence-electron chi connectivity index (χ2n) is 5.26. The molecule has 3 nitrogen and oxygen atoms in total. The van der Waals surface area contributed by atoms with Crippen molar-refractivity contribution in [1.29, 1.82) is 0 Å². The van der Waals surface area contributed by atoms with E-state index in [9.17, 15) is 0 Å². The van der Waals surface area contributed by atoms with Gasteiger partial charge in [-0.25, -0.2) is 4.98 Å². The highest BCUT2D eigenvalue weighted by atomic mass is 35.5. The molecule has 1 aromatic carbocycles. The Balaban J connectivity index is 2.25. The van der Waals surface area contributed by atoms with Crippen LogP contribution in [0.1, 0.15) is 25.6 Å². The smallest absolute Gasteiger partial charge is 0.125 e. The van der Waals surface area contributed by atoms with E-state index in [-0.39, 0.29) is 5.54 Å². The van der Waals surface area contributed by atoms with Crippen LogP contribution in [0.2, 0.25) is 5.02 Å². The number of hydrogen-bond acceptors (Lipinski definition) is 2. The predicted octanol–water partition coefficient (Wildman–Crippen LogP) is 3.95. The van der Waals surface area contributed by atoms with Gasteiger partial charge in [-0.3, -0.25) is 0 Å². The zero-order valence-corrected chi connectivity index (χ0v) is 12.3. The second-order valence-corrected chi connectivity index (χ2v) is 5.93. The van der Waals surface area contributed by atoms with Crippen LogP contribution in [0.5, 0.6) is 0 Å². The number of halogens is 2. The quantitative estimate of drug-likeness (QED) is 0.785. The van der Waals surface area contributed by atoms with Gasteiger partial charge in [0.25, 0.3) is 0 Å². The number of aromatic nitrogens is 2. The molecule has 0 aliphatic carbocycles. The van der Waals surface area contributed by atoms with Crippen molar-refractivity contribution in [3.05, 3.63) is 29.0 Å². The van der Waals surface area contributed by atoms with Crippen molar-refractivity contribution in [2.45, 2.75) is 31.2 Å². The third kappa shape index (κ3) is 2.14. The van der Waals surface area contributed by atoms with Crippen LogP contribution < -0.4 is 0 Å². The Morgan fingerprint density at radius 3 is 3.00 bits per heavy atom. The van der Waals surface area contributed by atoms with E-state index in [0.29, 0.717) is 17.5 Å². The lowest BCUT2D eigenvalue weighted by Gasteiger charge is -2.36. The molecule has 1 aliphatic rings. The summed E-state index contributed by atoms with van der Waals surface area (Å²) < 4.78 is 7.84. The van der Waals surface area contributed by atoms with Crippen molar-refractivity contribution in [2.24, 2.45) is 0 Å². The Morgan fingerprint density at radius 1 is 1.47 bits per heavy atom. The van der Waals surface area contributed by atoms with E-state index in [1.165, 1.54) is 0 Å². The molecule has 1 unspecified atom stereocenters. The fourth-order valence-corrected chi connectivity index (χ4v) is 3.33. The van der Waals surface area contributed by atoms with Crippen LogP contribution in [0.3, 0.4) is 0 Å². The highest BCUT2D eigenvalue weighted by Crippen LogP contribution is 2.35. The van der Waals surface area contributed by atoms with Gasteiger partial charge in [0.05, 0.1) is 34.1 Å². The Labute approximate surface area is 122 Å². The molecule has 1 fully saturated rings. The molecule has 3 rings (SSSR count). The summed E-state index contributed by atoms with van der Waals surface area (Å²) in [6, 6.07) is 5.79. The van der Waals surface area contributed by atoms with Gasteiger partial charge in [0.15, 0.2) is 0 Å². The SMILES string of the molecule is CC1(n2c(CCl)nc3cccc(Cl)c32)CCCOC1. The third-order valence-electron chi connectivity index (χ3n) is 3.77. The fraction of sp³-hybridized carbons (Fsp3) is 0.500. The number of ether oxygens (including phenoxy) is 1. The van der Waals surface area contributed by atoms with Gasteiger partial charge < -0.3 is 9.30 Å². The van der Waals surface area contributed by atoms with E-state index in [1.54, 1.807) is 0 Å². The first-order valence-corrected chi connectivity index (χ1v) is 7.37. The number of imidazole rings is 1. The zero-order valence-electron chi connectivity index (χ0n) is 10.8. The normalized spacial score (nSPS) is 23.9. The molecule has 1 atom stereocenters. The first kappa shape index (κ1) is 13.2. The largest absolute Gasteiger partial charge is 0.379 e. The minimum Gasteiger partial charge on any atom is -0.379 e. The number of rotatable bonds is 2. The van der Waals surface area contributed by atoms with E-state index in [2.05, 4.69) is 16.5 Å². The van der Waals surface area contributed by atoms with E-state index in [4.69, 9.17) is 27.9 Å². The number of benzene rings is 1. The molecule has 5 heteroatoms. The van der Waals surface area contributed by atoms with Crippen LogP contribution in [0, 0.1) is 0 Å². The summed E-state index contributed by atoms with van der Waals surface area (Å²) in [5, 5.41) is 0.716. The predicted molar refractivity (Wildman–Crippen MR) is 78.0 cm³/mol. The number of fused-ring (bicyclic) bond motifs is 1. The lowest BCUT2D eigenvalue weighted by Crippen LogP contribution is -2.39. The number of alkyl halides is 1. The summed E-state index contributed by atoms with van der Waals surface area (Å²) in [5.74, 6) is 1.23. The molecule has 0 radical (unpaired) electrons. The topological polar surface area (TPSA) is 27.1 Å². The molecule has 2 aromatic rings. The van der Waals surface area contributed by atoms with Crippen molar-refractivity contribution in [2.75, 3.05) is 13.2 Å². The van der Waals surface area contributed by atoms with Crippen LogP contribution in [-0.2, 0) is 16.2 Å². The van der Waals surface area contributed by atoms with Crippen molar-refractivity contribution < 1.29 is 4.74 Å². The molecule has 0 bridgehead atoms. The van der Waals surface area contributed by atoms with Crippen molar-refractivity contribution >= 4 is 34.2 Å².